The van der Waals surface area contributed by atoms with E-state index in [1.54, 1.807) is 18.5 Å². The van der Waals surface area contributed by atoms with Gasteiger partial charge in [0.15, 0.2) is 0 Å². The van der Waals surface area contributed by atoms with Crippen molar-refractivity contribution >= 4 is 22.6 Å². The fraction of sp³-hybridized carbons (Fsp3) is 0. The van der Waals surface area contributed by atoms with E-state index < -0.39 is 0 Å². The molecule has 1 aromatic carbocycles. The number of fused-ring (bicyclic) bond motifs is 1. The number of H-pyrrole nitrogens is 2. The van der Waals surface area contributed by atoms with Crippen LogP contribution < -0.4 is 10.9 Å². The summed E-state index contributed by atoms with van der Waals surface area (Å²) in [6, 6.07) is 12.9. The van der Waals surface area contributed by atoms with Gasteiger partial charge in [0.25, 0.3) is 0 Å². The number of nitrogens with one attached hydrogen (secondary N) is 3. The van der Waals surface area contributed by atoms with Crippen LogP contribution in [0, 0.1) is 0 Å². The van der Waals surface area contributed by atoms with Crippen molar-refractivity contribution in [2.24, 2.45) is 0 Å². The van der Waals surface area contributed by atoms with E-state index in [-0.39, 0.29) is 11.5 Å². The summed E-state index contributed by atoms with van der Waals surface area (Å²) in [4.78, 5) is 33.4. The van der Waals surface area contributed by atoms with Gasteiger partial charge in [-0.3, -0.25) is 9.59 Å². The predicted molar refractivity (Wildman–Crippen MR) is 106 cm³/mol. The van der Waals surface area contributed by atoms with Crippen LogP contribution in [0.1, 0.15) is 0 Å². The number of carbonyl (C=O) groups is 1. The number of rotatable bonds is 4. The molecule has 27 heavy (non-hydrogen) atoms. The fourth-order valence-corrected chi connectivity index (χ4v) is 2.98. The Bertz CT molecular complexity index is 1220. The van der Waals surface area contributed by atoms with E-state index in [0.29, 0.717) is 5.69 Å². The molecule has 0 bridgehead atoms. The average Bonchev–Trinajstić information content (AvgIpc) is 3.11. The number of amides is 1. The lowest BCUT2D eigenvalue weighted by atomic mass is 10.0. The van der Waals surface area contributed by atoms with Crippen LogP contribution in [0.5, 0.6) is 0 Å². The quantitative estimate of drug-likeness (QED) is 0.487. The normalized spacial score (nSPS) is 10.7. The molecule has 1 amide bonds. The Labute approximate surface area is 154 Å². The van der Waals surface area contributed by atoms with Crippen molar-refractivity contribution in [3.8, 4) is 22.3 Å². The summed E-state index contributed by atoms with van der Waals surface area (Å²) in [5, 5.41) is 3.67. The van der Waals surface area contributed by atoms with Crippen molar-refractivity contribution in [3.05, 3.63) is 84.1 Å². The molecule has 6 nitrogen and oxygen atoms in total. The first-order chi connectivity index (χ1) is 13.1. The number of aromatic nitrogens is 3. The molecule has 4 aromatic rings. The molecule has 0 spiro atoms. The van der Waals surface area contributed by atoms with E-state index in [1.807, 2.05) is 42.6 Å². The number of anilines is 1. The van der Waals surface area contributed by atoms with Crippen LogP contribution in [-0.4, -0.2) is 20.9 Å². The molecule has 0 aliphatic heterocycles. The molecule has 3 N–H and O–H groups in total. The van der Waals surface area contributed by atoms with Gasteiger partial charge in [0, 0.05) is 46.9 Å². The van der Waals surface area contributed by atoms with Crippen molar-refractivity contribution in [1.82, 2.24) is 15.0 Å². The monoisotopic (exact) mass is 356 g/mol. The maximum absolute atomic E-state index is 11.6. The molecule has 0 atom stereocenters. The van der Waals surface area contributed by atoms with E-state index in [9.17, 15) is 9.59 Å². The third kappa shape index (κ3) is 3.28. The summed E-state index contributed by atoms with van der Waals surface area (Å²) in [5.74, 6) is -0.261. The summed E-state index contributed by atoms with van der Waals surface area (Å²) in [6.45, 7) is 3.46. The second kappa shape index (κ2) is 6.76. The SMILES string of the molecule is C=CC(=O)Nc1cccc(-c2cnc3[nH]cc(-c4cc[nH]c(=O)c4)c3c2)c1. The largest absolute Gasteiger partial charge is 0.346 e. The minimum atomic E-state index is -0.261. The zero-order chi connectivity index (χ0) is 18.8. The van der Waals surface area contributed by atoms with Crippen LogP contribution in [0.4, 0.5) is 5.69 Å². The van der Waals surface area contributed by atoms with Crippen molar-refractivity contribution in [2.45, 2.75) is 0 Å². The first-order valence-electron chi connectivity index (χ1n) is 8.34. The molecule has 0 fully saturated rings. The van der Waals surface area contributed by atoms with Crippen LogP contribution in [-0.2, 0) is 4.79 Å². The third-order valence-corrected chi connectivity index (χ3v) is 4.27. The number of hydrogen-bond acceptors (Lipinski definition) is 3. The number of pyridine rings is 2. The van der Waals surface area contributed by atoms with E-state index in [0.717, 1.165) is 33.3 Å². The van der Waals surface area contributed by atoms with E-state index in [2.05, 4.69) is 26.8 Å². The lowest BCUT2D eigenvalue weighted by Crippen LogP contribution is -2.06. The van der Waals surface area contributed by atoms with E-state index >= 15 is 0 Å². The Hall–Kier alpha value is -3.93. The van der Waals surface area contributed by atoms with Crippen LogP contribution in [0.15, 0.2) is 78.5 Å². The molecule has 3 heterocycles. The maximum Gasteiger partial charge on any atom is 0.248 e. The number of carbonyl (C=O) groups excluding carboxylic acids is 1. The molecule has 0 aliphatic carbocycles. The Balaban J connectivity index is 1.79. The highest BCUT2D eigenvalue weighted by Crippen LogP contribution is 2.31. The third-order valence-electron chi connectivity index (χ3n) is 4.27. The highest BCUT2D eigenvalue weighted by molar-refractivity contribution is 5.99. The van der Waals surface area contributed by atoms with Gasteiger partial charge < -0.3 is 15.3 Å². The highest BCUT2D eigenvalue weighted by Gasteiger charge is 2.10. The van der Waals surface area contributed by atoms with E-state index in [4.69, 9.17) is 0 Å². The summed E-state index contributed by atoms with van der Waals surface area (Å²) in [5.41, 5.74) is 4.81. The van der Waals surface area contributed by atoms with Gasteiger partial charge in [-0.25, -0.2) is 4.98 Å². The molecule has 132 valence electrons. The molecule has 0 unspecified atom stereocenters. The standard InChI is InChI=1S/C21H16N4O2/c1-2-19(26)25-16-5-3-4-13(8-16)15-9-17-18(12-24-21(17)23-11-15)14-6-7-22-20(27)10-14/h2-12H,1H2,(H,22,27)(H,23,24)(H,25,26). The molecule has 0 radical (unpaired) electrons. The highest BCUT2D eigenvalue weighted by atomic mass is 16.1. The Morgan fingerprint density at radius 1 is 1.07 bits per heavy atom. The van der Waals surface area contributed by atoms with Gasteiger partial charge in [0.2, 0.25) is 11.5 Å². The van der Waals surface area contributed by atoms with Crippen molar-refractivity contribution in [2.75, 3.05) is 5.32 Å². The van der Waals surface area contributed by atoms with Crippen LogP contribution in [0.2, 0.25) is 0 Å². The van der Waals surface area contributed by atoms with Gasteiger partial charge in [-0.1, -0.05) is 18.7 Å². The second-order valence-electron chi connectivity index (χ2n) is 6.04. The van der Waals surface area contributed by atoms with Crippen LogP contribution >= 0.6 is 0 Å². The maximum atomic E-state index is 11.6. The second-order valence-corrected chi connectivity index (χ2v) is 6.04. The molecule has 6 heteroatoms. The van der Waals surface area contributed by atoms with Gasteiger partial charge in [0.05, 0.1) is 0 Å². The number of nitrogens with zero attached hydrogens (tertiary/aromatic N) is 1. The first-order valence-corrected chi connectivity index (χ1v) is 8.34. The molecule has 0 saturated heterocycles. The lowest BCUT2D eigenvalue weighted by molar-refractivity contribution is -0.111. The molecule has 4 rings (SSSR count). The minimum Gasteiger partial charge on any atom is -0.346 e. The van der Waals surface area contributed by atoms with Crippen LogP contribution in [0.25, 0.3) is 33.3 Å². The average molecular weight is 356 g/mol. The van der Waals surface area contributed by atoms with Gasteiger partial charge in [-0.15, -0.1) is 0 Å². The van der Waals surface area contributed by atoms with Crippen molar-refractivity contribution in [3.63, 3.8) is 0 Å². The predicted octanol–water partition coefficient (Wildman–Crippen LogP) is 3.71. The summed E-state index contributed by atoms with van der Waals surface area (Å²) in [7, 11) is 0. The number of hydrogen-bond donors (Lipinski definition) is 3. The van der Waals surface area contributed by atoms with E-state index in [1.165, 1.54) is 6.08 Å². The fourth-order valence-electron chi connectivity index (χ4n) is 2.98. The van der Waals surface area contributed by atoms with Gasteiger partial charge >= 0.3 is 0 Å². The van der Waals surface area contributed by atoms with Crippen LogP contribution in [0.3, 0.4) is 0 Å². The van der Waals surface area contributed by atoms with Crippen molar-refractivity contribution in [1.29, 1.82) is 0 Å². The lowest BCUT2D eigenvalue weighted by Gasteiger charge is -2.07. The van der Waals surface area contributed by atoms with Gasteiger partial charge in [0.1, 0.15) is 5.65 Å². The summed E-state index contributed by atoms with van der Waals surface area (Å²) >= 11 is 0. The molecule has 3 aromatic heterocycles. The van der Waals surface area contributed by atoms with Gasteiger partial charge in [-0.2, -0.15) is 0 Å². The minimum absolute atomic E-state index is 0.156. The number of aromatic amines is 2. The molecule has 0 aliphatic rings. The van der Waals surface area contributed by atoms with Gasteiger partial charge in [-0.05, 0) is 41.5 Å². The molecular weight excluding hydrogens is 340 g/mol. The van der Waals surface area contributed by atoms with Crippen molar-refractivity contribution < 1.29 is 4.79 Å². The molecular formula is C21H16N4O2. The Morgan fingerprint density at radius 3 is 2.78 bits per heavy atom. The first kappa shape index (κ1) is 16.5. The Morgan fingerprint density at radius 2 is 1.96 bits per heavy atom. The summed E-state index contributed by atoms with van der Waals surface area (Å²) < 4.78 is 0. The number of benzene rings is 1. The summed E-state index contributed by atoms with van der Waals surface area (Å²) in [6.07, 6.45) is 6.47. The Kier molecular flexibility index (Phi) is 4.14. The zero-order valence-corrected chi connectivity index (χ0v) is 14.3. The molecule has 0 saturated carbocycles. The topological polar surface area (TPSA) is 90.6 Å². The smallest absolute Gasteiger partial charge is 0.248 e. The zero-order valence-electron chi connectivity index (χ0n) is 14.3.